The molecule has 5 heteroatoms. The molecule has 0 saturated carbocycles. The number of phenols is 3. The molecule has 0 bridgehead atoms. The second kappa shape index (κ2) is 3.84. The van der Waals surface area contributed by atoms with E-state index in [1.54, 1.807) is 13.0 Å². The van der Waals surface area contributed by atoms with Gasteiger partial charge in [-0.3, -0.25) is 9.59 Å². The van der Waals surface area contributed by atoms with Crippen molar-refractivity contribution in [3.05, 3.63) is 52.1 Å². The van der Waals surface area contributed by atoms with E-state index in [9.17, 15) is 24.9 Å². The number of rotatable bonds is 0. The molecule has 0 saturated heterocycles. The summed E-state index contributed by atoms with van der Waals surface area (Å²) in [5.41, 5.74) is 0.150. The summed E-state index contributed by atoms with van der Waals surface area (Å²) < 4.78 is 0. The van der Waals surface area contributed by atoms with Gasteiger partial charge in [-0.25, -0.2) is 0 Å². The number of phenolic OH excluding ortho intramolecular Hbond substituents is 3. The molecule has 1 aliphatic rings. The van der Waals surface area contributed by atoms with Crippen LogP contribution in [-0.4, -0.2) is 26.9 Å². The smallest absolute Gasteiger partial charge is 0.202 e. The van der Waals surface area contributed by atoms with Crippen LogP contribution in [0.15, 0.2) is 24.3 Å². The van der Waals surface area contributed by atoms with E-state index < -0.39 is 23.1 Å². The zero-order valence-corrected chi connectivity index (χ0v) is 10.5. The standard InChI is InChI=1S/C15H10O5/c1-6-2-3-7-10(12(6)17)15(20)11-8(13(7)18)4-5-9(16)14(11)19/h2-5,16-17,19H,1H3. The Labute approximate surface area is 113 Å². The van der Waals surface area contributed by atoms with E-state index in [4.69, 9.17) is 0 Å². The summed E-state index contributed by atoms with van der Waals surface area (Å²) in [5.74, 6) is -2.56. The van der Waals surface area contributed by atoms with Gasteiger partial charge >= 0.3 is 0 Å². The maximum absolute atomic E-state index is 12.4. The molecule has 20 heavy (non-hydrogen) atoms. The molecule has 3 N–H and O–H groups in total. The van der Waals surface area contributed by atoms with Crippen molar-refractivity contribution in [2.75, 3.05) is 0 Å². The molecule has 1 aliphatic carbocycles. The second-order valence-electron chi connectivity index (χ2n) is 4.67. The van der Waals surface area contributed by atoms with Crippen LogP contribution in [-0.2, 0) is 0 Å². The van der Waals surface area contributed by atoms with Crippen molar-refractivity contribution in [2.45, 2.75) is 6.92 Å². The summed E-state index contributed by atoms with van der Waals surface area (Å²) in [4.78, 5) is 24.7. The van der Waals surface area contributed by atoms with Gasteiger partial charge in [0.05, 0.1) is 11.1 Å². The summed E-state index contributed by atoms with van der Waals surface area (Å²) in [6, 6.07) is 5.45. The van der Waals surface area contributed by atoms with Crippen LogP contribution >= 0.6 is 0 Å². The Balaban J connectivity index is 2.41. The first kappa shape index (κ1) is 12.2. The predicted octanol–water partition coefficient (Wildman–Crippen LogP) is 1.89. The van der Waals surface area contributed by atoms with E-state index in [1.165, 1.54) is 12.1 Å². The lowest BCUT2D eigenvalue weighted by Gasteiger charge is -2.20. The highest BCUT2D eigenvalue weighted by molar-refractivity contribution is 6.30. The van der Waals surface area contributed by atoms with Gasteiger partial charge in [0.1, 0.15) is 5.75 Å². The Morgan fingerprint density at radius 1 is 0.750 bits per heavy atom. The minimum Gasteiger partial charge on any atom is -0.507 e. The fourth-order valence-electron chi connectivity index (χ4n) is 2.38. The highest BCUT2D eigenvalue weighted by Gasteiger charge is 2.35. The first-order valence-corrected chi connectivity index (χ1v) is 5.90. The molecule has 2 aromatic rings. The third-order valence-corrected chi connectivity index (χ3v) is 3.48. The molecule has 3 rings (SSSR count). The number of hydrogen-bond donors (Lipinski definition) is 3. The Kier molecular flexibility index (Phi) is 2.34. The average Bonchev–Trinajstić information content (AvgIpc) is 2.42. The molecule has 0 spiro atoms. The van der Waals surface area contributed by atoms with Crippen molar-refractivity contribution in [3.8, 4) is 17.2 Å². The summed E-state index contributed by atoms with van der Waals surface area (Å²) in [6.45, 7) is 1.60. The Hall–Kier alpha value is -2.82. The van der Waals surface area contributed by atoms with E-state index in [0.717, 1.165) is 6.07 Å². The number of carbonyl (C=O) groups is 2. The zero-order chi connectivity index (χ0) is 14.6. The van der Waals surface area contributed by atoms with Crippen molar-refractivity contribution >= 4 is 11.6 Å². The van der Waals surface area contributed by atoms with Crippen molar-refractivity contribution in [1.82, 2.24) is 0 Å². The quantitative estimate of drug-likeness (QED) is 0.542. The van der Waals surface area contributed by atoms with E-state index in [0.29, 0.717) is 5.56 Å². The second-order valence-corrected chi connectivity index (χ2v) is 4.67. The van der Waals surface area contributed by atoms with Gasteiger partial charge in [-0.1, -0.05) is 6.07 Å². The van der Waals surface area contributed by atoms with Gasteiger partial charge in [-0.15, -0.1) is 0 Å². The minimum absolute atomic E-state index is 0.0149. The molecule has 0 aromatic heterocycles. The molecule has 2 aromatic carbocycles. The lowest BCUT2D eigenvalue weighted by molar-refractivity contribution is 0.0973. The number of ketones is 2. The fourth-order valence-corrected chi connectivity index (χ4v) is 2.38. The van der Waals surface area contributed by atoms with Gasteiger partial charge in [0.15, 0.2) is 17.3 Å². The van der Waals surface area contributed by atoms with Crippen LogP contribution < -0.4 is 0 Å². The minimum atomic E-state index is -0.677. The molecular weight excluding hydrogens is 260 g/mol. The number of hydrogen-bond acceptors (Lipinski definition) is 5. The lowest BCUT2D eigenvalue weighted by atomic mass is 9.82. The number of fused-ring (bicyclic) bond motifs is 2. The SMILES string of the molecule is Cc1ccc2c(c1O)C(=O)c1c(ccc(O)c1O)C2=O. The zero-order valence-electron chi connectivity index (χ0n) is 10.5. The van der Waals surface area contributed by atoms with Gasteiger partial charge < -0.3 is 15.3 Å². The highest BCUT2D eigenvalue weighted by atomic mass is 16.3. The average molecular weight is 270 g/mol. The molecule has 5 nitrogen and oxygen atoms in total. The topological polar surface area (TPSA) is 94.8 Å². The molecule has 0 fully saturated rings. The third-order valence-electron chi connectivity index (χ3n) is 3.48. The van der Waals surface area contributed by atoms with Crippen LogP contribution in [0.5, 0.6) is 17.2 Å². The van der Waals surface area contributed by atoms with E-state index in [-0.39, 0.29) is 28.0 Å². The van der Waals surface area contributed by atoms with Crippen LogP contribution in [0.2, 0.25) is 0 Å². The van der Waals surface area contributed by atoms with Gasteiger partial charge in [-0.2, -0.15) is 0 Å². The lowest BCUT2D eigenvalue weighted by Crippen LogP contribution is -2.21. The molecule has 0 aliphatic heterocycles. The van der Waals surface area contributed by atoms with Crippen molar-refractivity contribution in [3.63, 3.8) is 0 Å². The predicted molar refractivity (Wildman–Crippen MR) is 69.5 cm³/mol. The van der Waals surface area contributed by atoms with Crippen LogP contribution in [0.1, 0.15) is 37.4 Å². The number of aromatic hydroxyl groups is 3. The van der Waals surface area contributed by atoms with Crippen molar-refractivity contribution < 1.29 is 24.9 Å². The summed E-state index contributed by atoms with van der Waals surface area (Å²) in [6.07, 6.45) is 0. The number of aryl methyl sites for hydroxylation is 1. The molecule has 0 atom stereocenters. The van der Waals surface area contributed by atoms with Crippen molar-refractivity contribution in [1.29, 1.82) is 0 Å². The summed E-state index contributed by atoms with van der Waals surface area (Å²) in [5, 5.41) is 29.3. The van der Waals surface area contributed by atoms with E-state index in [2.05, 4.69) is 0 Å². The normalized spacial score (nSPS) is 13.1. The van der Waals surface area contributed by atoms with Crippen molar-refractivity contribution in [2.24, 2.45) is 0 Å². The maximum Gasteiger partial charge on any atom is 0.202 e. The van der Waals surface area contributed by atoms with E-state index in [1.807, 2.05) is 0 Å². The van der Waals surface area contributed by atoms with E-state index >= 15 is 0 Å². The summed E-state index contributed by atoms with van der Waals surface area (Å²) in [7, 11) is 0. The van der Waals surface area contributed by atoms with Gasteiger partial charge in [0.2, 0.25) is 5.78 Å². The van der Waals surface area contributed by atoms with Gasteiger partial charge in [-0.05, 0) is 30.7 Å². The largest absolute Gasteiger partial charge is 0.507 e. The first-order chi connectivity index (χ1) is 9.43. The Morgan fingerprint density at radius 3 is 1.95 bits per heavy atom. The molecule has 0 radical (unpaired) electrons. The molecule has 100 valence electrons. The number of benzene rings is 2. The Morgan fingerprint density at radius 2 is 1.30 bits per heavy atom. The molecular formula is C15H10O5. The van der Waals surface area contributed by atoms with Crippen LogP contribution in [0.3, 0.4) is 0 Å². The van der Waals surface area contributed by atoms with Gasteiger partial charge in [0.25, 0.3) is 0 Å². The van der Waals surface area contributed by atoms with Crippen LogP contribution in [0.4, 0.5) is 0 Å². The van der Waals surface area contributed by atoms with Gasteiger partial charge in [0, 0.05) is 11.1 Å². The first-order valence-electron chi connectivity index (χ1n) is 5.90. The maximum atomic E-state index is 12.4. The highest BCUT2D eigenvalue weighted by Crippen LogP contribution is 2.40. The molecule has 0 heterocycles. The number of carbonyl (C=O) groups excluding carboxylic acids is 2. The fraction of sp³-hybridized carbons (Fsp3) is 0.0667. The molecule has 0 unspecified atom stereocenters. The van der Waals surface area contributed by atoms with Crippen LogP contribution in [0, 0.1) is 6.92 Å². The monoisotopic (exact) mass is 270 g/mol. The third kappa shape index (κ3) is 1.37. The Bertz CT molecular complexity index is 726. The molecule has 0 amide bonds. The van der Waals surface area contributed by atoms with Crippen LogP contribution in [0.25, 0.3) is 0 Å². The summed E-state index contributed by atoms with van der Waals surface area (Å²) >= 11 is 0.